The van der Waals surface area contributed by atoms with Gasteiger partial charge in [0.25, 0.3) is 0 Å². The summed E-state index contributed by atoms with van der Waals surface area (Å²) in [5.74, 6) is -0.0370. The molecular weight excluding hydrogens is 238 g/mol. The van der Waals surface area contributed by atoms with Gasteiger partial charge in [-0.2, -0.15) is 0 Å². The molecule has 17 heavy (non-hydrogen) atoms. The van der Waals surface area contributed by atoms with Crippen molar-refractivity contribution < 1.29 is 4.79 Å². The number of hydrogen-bond acceptors (Lipinski definition) is 3. The lowest BCUT2D eigenvalue weighted by atomic mass is 9.66. The molecule has 0 aliphatic heterocycles. The molecule has 0 spiro atoms. The molecule has 0 bridgehead atoms. The van der Waals surface area contributed by atoms with Crippen LogP contribution in [0.15, 0.2) is 18.5 Å². The van der Waals surface area contributed by atoms with Crippen LogP contribution in [0.1, 0.15) is 25.7 Å². The lowest BCUT2D eigenvalue weighted by Crippen LogP contribution is -2.40. The van der Waals surface area contributed by atoms with Crippen LogP contribution >= 0.6 is 11.6 Å². The average Bonchev–Trinajstić information content (AvgIpc) is 2.27. The molecule has 0 aromatic carbocycles. The van der Waals surface area contributed by atoms with E-state index in [1.165, 1.54) is 0 Å². The summed E-state index contributed by atoms with van der Waals surface area (Å²) >= 11 is 5.94. The zero-order valence-corrected chi connectivity index (χ0v) is 10.3. The van der Waals surface area contributed by atoms with Crippen molar-refractivity contribution in [2.45, 2.75) is 25.7 Å². The molecule has 1 fully saturated rings. The lowest BCUT2D eigenvalue weighted by Gasteiger charge is -2.40. The van der Waals surface area contributed by atoms with Crippen LogP contribution in [0.5, 0.6) is 0 Å². The van der Waals surface area contributed by atoms with Crippen LogP contribution in [0.2, 0.25) is 5.02 Å². The van der Waals surface area contributed by atoms with E-state index in [4.69, 9.17) is 17.3 Å². The Bertz CT molecular complexity index is 412. The fourth-order valence-electron chi connectivity index (χ4n) is 2.13. The minimum atomic E-state index is -0.0370. The molecule has 92 valence electrons. The Morgan fingerprint density at radius 2 is 2.35 bits per heavy atom. The monoisotopic (exact) mass is 253 g/mol. The van der Waals surface area contributed by atoms with E-state index in [2.05, 4.69) is 10.3 Å². The van der Waals surface area contributed by atoms with Crippen LogP contribution in [0.3, 0.4) is 0 Å². The molecule has 1 aliphatic rings. The smallest absolute Gasteiger partial charge is 0.225 e. The van der Waals surface area contributed by atoms with Gasteiger partial charge in [0.05, 0.1) is 16.9 Å². The van der Waals surface area contributed by atoms with E-state index in [1.54, 1.807) is 18.5 Å². The number of aromatic nitrogens is 1. The molecule has 0 radical (unpaired) electrons. The first-order valence-electron chi connectivity index (χ1n) is 5.75. The van der Waals surface area contributed by atoms with Gasteiger partial charge >= 0.3 is 0 Å². The van der Waals surface area contributed by atoms with Gasteiger partial charge in [-0.1, -0.05) is 18.0 Å². The Morgan fingerprint density at radius 1 is 1.59 bits per heavy atom. The molecule has 1 heterocycles. The fraction of sp³-hybridized carbons (Fsp3) is 0.500. The highest BCUT2D eigenvalue weighted by molar-refractivity contribution is 6.33. The molecule has 0 unspecified atom stereocenters. The first-order valence-corrected chi connectivity index (χ1v) is 6.12. The van der Waals surface area contributed by atoms with Gasteiger partial charge in [0.15, 0.2) is 0 Å². The van der Waals surface area contributed by atoms with E-state index < -0.39 is 0 Å². The number of rotatable bonds is 4. The third kappa shape index (κ3) is 2.76. The predicted octanol–water partition coefficient (Wildman–Crippen LogP) is 2.19. The summed E-state index contributed by atoms with van der Waals surface area (Å²) in [7, 11) is 0. The molecule has 1 aromatic rings. The summed E-state index contributed by atoms with van der Waals surface area (Å²) in [6.07, 6.45) is 6.85. The Labute approximate surface area is 106 Å². The number of carbonyl (C=O) groups is 1. The molecule has 3 N–H and O–H groups in total. The van der Waals surface area contributed by atoms with Crippen molar-refractivity contribution in [3.63, 3.8) is 0 Å². The van der Waals surface area contributed by atoms with Gasteiger partial charge in [0.2, 0.25) is 5.91 Å². The lowest BCUT2D eigenvalue weighted by molar-refractivity contribution is -0.119. The average molecular weight is 254 g/mol. The van der Waals surface area contributed by atoms with Crippen molar-refractivity contribution in [3.8, 4) is 0 Å². The SMILES string of the molecule is NCC1(CC(=O)Nc2cnccc2Cl)CCC1. The van der Waals surface area contributed by atoms with Gasteiger partial charge in [-0.05, 0) is 30.9 Å². The van der Waals surface area contributed by atoms with Crippen molar-refractivity contribution in [2.24, 2.45) is 11.1 Å². The predicted molar refractivity (Wildman–Crippen MR) is 67.8 cm³/mol. The molecule has 5 heteroatoms. The van der Waals surface area contributed by atoms with Crippen molar-refractivity contribution in [3.05, 3.63) is 23.5 Å². The Morgan fingerprint density at radius 3 is 2.88 bits per heavy atom. The first-order chi connectivity index (χ1) is 8.15. The van der Waals surface area contributed by atoms with Gasteiger partial charge in [0, 0.05) is 12.6 Å². The Kier molecular flexibility index (Phi) is 3.64. The number of nitrogens with zero attached hydrogens (tertiary/aromatic N) is 1. The number of pyridine rings is 1. The van der Waals surface area contributed by atoms with E-state index in [-0.39, 0.29) is 11.3 Å². The van der Waals surface area contributed by atoms with E-state index >= 15 is 0 Å². The summed E-state index contributed by atoms with van der Waals surface area (Å²) in [5.41, 5.74) is 6.30. The van der Waals surface area contributed by atoms with Gasteiger partial charge in [-0.3, -0.25) is 9.78 Å². The van der Waals surface area contributed by atoms with Crippen molar-refractivity contribution >= 4 is 23.2 Å². The highest BCUT2D eigenvalue weighted by atomic mass is 35.5. The number of halogens is 1. The Hall–Kier alpha value is -1.13. The number of nitrogens with two attached hydrogens (primary N) is 1. The van der Waals surface area contributed by atoms with Crippen LogP contribution < -0.4 is 11.1 Å². The number of carbonyl (C=O) groups excluding carboxylic acids is 1. The van der Waals surface area contributed by atoms with Crippen molar-refractivity contribution in [1.82, 2.24) is 4.98 Å². The molecule has 1 aromatic heterocycles. The van der Waals surface area contributed by atoms with Crippen LogP contribution in [0.25, 0.3) is 0 Å². The van der Waals surface area contributed by atoms with E-state index in [1.807, 2.05) is 0 Å². The highest BCUT2D eigenvalue weighted by Gasteiger charge is 2.37. The summed E-state index contributed by atoms with van der Waals surface area (Å²) in [6.45, 7) is 0.571. The molecule has 4 nitrogen and oxygen atoms in total. The minimum absolute atomic E-state index is 0.0127. The standard InChI is InChI=1S/C12H16ClN3O/c13-9-2-5-15-7-10(9)16-11(17)6-12(8-14)3-1-4-12/h2,5,7H,1,3-4,6,8,14H2,(H,16,17). The van der Waals surface area contributed by atoms with Gasteiger partial charge < -0.3 is 11.1 Å². The van der Waals surface area contributed by atoms with E-state index in [9.17, 15) is 4.79 Å². The molecule has 0 atom stereocenters. The van der Waals surface area contributed by atoms with Crippen LogP contribution in [-0.2, 0) is 4.79 Å². The third-order valence-electron chi connectivity index (χ3n) is 3.42. The number of hydrogen-bond donors (Lipinski definition) is 2. The van der Waals surface area contributed by atoms with Gasteiger partial charge in [0.1, 0.15) is 0 Å². The normalized spacial score (nSPS) is 17.3. The zero-order chi connectivity index (χ0) is 12.3. The zero-order valence-electron chi connectivity index (χ0n) is 9.58. The molecule has 2 rings (SSSR count). The van der Waals surface area contributed by atoms with Crippen molar-refractivity contribution in [2.75, 3.05) is 11.9 Å². The van der Waals surface area contributed by atoms with Crippen LogP contribution in [0, 0.1) is 5.41 Å². The van der Waals surface area contributed by atoms with E-state index in [0.717, 1.165) is 19.3 Å². The summed E-state index contributed by atoms with van der Waals surface area (Å²) < 4.78 is 0. The molecule has 1 saturated carbocycles. The van der Waals surface area contributed by atoms with E-state index in [0.29, 0.717) is 23.7 Å². The molecule has 1 aliphatic carbocycles. The maximum Gasteiger partial charge on any atom is 0.225 e. The quantitative estimate of drug-likeness (QED) is 0.864. The van der Waals surface area contributed by atoms with Gasteiger partial charge in [-0.15, -0.1) is 0 Å². The summed E-state index contributed by atoms with van der Waals surface area (Å²) in [6, 6.07) is 1.65. The topological polar surface area (TPSA) is 68.0 Å². The second-order valence-electron chi connectivity index (χ2n) is 4.64. The van der Waals surface area contributed by atoms with Gasteiger partial charge in [-0.25, -0.2) is 0 Å². The first kappa shape index (κ1) is 12.3. The second-order valence-corrected chi connectivity index (χ2v) is 5.05. The number of amides is 1. The molecule has 1 amide bonds. The summed E-state index contributed by atoms with van der Waals surface area (Å²) in [5, 5.41) is 3.28. The number of anilines is 1. The maximum atomic E-state index is 11.9. The summed E-state index contributed by atoms with van der Waals surface area (Å²) in [4.78, 5) is 15.8. The maximum absolute atomic E-state index is 11.9. The third-order valence-corrected chi connectivity index (χ3v) is 3.75. The highest BCUT2D eigenvalue weighted by Crippen LogP contribution is 2.43. The van der Waals surface area contributed by atoms with Crippen molar-refractivity contribution in [1.29, 1.82) is 0 Å². The second kappa shape index (κ2) is 5.02. The van der Waals surface area contributed by atoms with Crippen LogP contribution in [-0.4, -0.2) is 17.4 Å². The molecule has 0 saturated heterocycles. The minimum Gasteiger partial charge on any atom is -0.330 e. The van der Waals surface area contributed by atoms with Crippen LogP contribution in [0.4, 0.5) is 5.69 Å². The Balaban J connectivity index is 1.96. The fourth-order valence-corrected chi connectivity index (χ4v) is 2.29. The largest absolute Gasteiger partial charge is 0.330 e. The number of nitrogens with one attached hydrogen (secondary N) is 1. The molecular formula is C12H16ClN3O.